The van der Waals surface area contributed by atoms with Crippen molar-refractivity contribution >= 4 is 69.2 Å². The van der Waals surface area contributed by atoms with Crippen LogP contribution in [0, 0.1) is 0 Å². The zero-order chi connectivity index (χ0) is 18.0. The van der Waals surface area contributed by atoms with Crippen molar-refractivity contribution in [3.05, 3.63) is 89.4 Å². The molecule has 3 heteroatoms. The van der Waals surface area contributed by atoms with Gasteiger partial charge in [-0.25, -0.2) is 0 Å². The summed E-state index contributed by atoms with van der Waals surface area (Å²) in [6.45, 7) is 0. The van der Waals surface area contributed by atoms with Crippen molar-refractivity contribution in [2.45, 2.75) is 0 Å². The smallest absolute Gasteiger partial charge is 0.0541 e. The lowest BCUT2D eigenvalue weighted by atomic mass is 10.1. The Morgan fingerprint density at radius 1 is 0.593 bits per heavy atom. The van der Waals surface area contributed by atoms with Crippen molar-refractivity contribution in [2.24, 2.45) is 0 Å². The van der Waals surface area contributed by atoms with Crippen LogP contribution in [0.5, 0.6) is 0 Å². The summed E-state index contributed by atoms with van der Waals surface area (Å²) in [5, 5.41) is 5.25. The van der Waals surface area contributed by atoms with Crippen LogP contribution in [-0.2, 0) is 0 Å². The minimum absolute atomic E-state index is 1.13. The van der Waals surface area contributed by atoms with E-state index in [1.54, 1.807) is 0 Å². The highest BCUT2D eigenvalue weighted by Gasteiger charge is 2.13. The summed E-state index contributed by atoms with van der Waals surface area (Å²) in [6, 6.07) is 30.7. The van der Waals surface area contributed by atoms with Crippen molar-refractivity contribution in [3.8, 4) is 5.69 Å². The van der Waals surface area contributed by atoms with Crippen LogP contribution in [-0.4, -0.2) is 4.57 Å². The first-order chi connectivity index (χ1) is 13.3. The molecule has 0 aliphatic rings. The van der Waals surface area contributed by atoms with E-state index in [1.807, 2.05) is 11.3 Å². The summed E-state index contributed by atoms with van der Waals surface area (Å²) in [4.78, 5) is 0. The zero-order valence-corrected chi connectivity index (χ0v) is 16.7. The van der Waals surface area contributed by atoms with Crippen molar-refractivity contribution in [1.82, 2.24) is 4.57 Å². The molecular weight excluding hydrogens is 414 g/mol. The maximum atomic E-state index is 3.59. The standard InChI is InChI=1S/C24H14BrNS/c25-15-9-11-19-20-12-10-16(14-24(20)27-23(19)13-15)26-21-7-3-1-5-17(21)18-6-2-4-8-22(18)26/h1-14H. The van der Waals surface area contributed by atoms with E-state index >= 15 is 0 Å². The molecule has 27 heavy (non-hydrogen) atoms. The number of fused-ring (bicyclic) bond motifs is 6. The molecular formula is C24H14BrNS. The Morgan fingerprint density at radius 3 is 1.89 bits per heavy atom. The van der Waals surface area contributed by atoms with Crippen molar-refractivity contribution in [2.75, 3.05) is 0 Å². The average molecular weight is 428 g/mol. The van der Waals surface area contributed by atoms with Gasteiger partial charge in [0.05, 0.1) is 11.0 Å². The molecule has 0 radical (unpaired) electrons. The maximum Gasteiger partial charge on any atom is 0.0541 e. The van der Waals surface area contributed by atoms with Gasteiger partial charge in [-0.2, -0.15) is 0 Å². The molecule has 0 saturated heterocycles. The molecule has 1 nitrogen and oxygen atoms in total. The third-order valence-corrected chi connectivity index (χ3v) is 6.87. The van der Waals surface area contributed by atoms with Crippen LogP contribution in [0.3, 0.4) is 0 Å². The van der Waals surface area contributed by atoms with Crippen LogP contribution in [0.2, 0.25) is 0 Å². The van der Waals surface area contributed by atoms with Crippen molar-refractivity contribution in [3.63, 3.8) is 0 Å². The Balaban J connectivity index is 1.71. The summed E-state index contributed by atoms with van der Waals surface area (Å²) >= 11 is 5.45. The van der Waals surface area contributed by atoms with Gasteiger partial charge in [-0.05, 0) is 36.4 Å². The normalized spacial score (nSPS) is 11.9. The van der Waals surface area contributed by atoms with Crippen molar-refractivity contribution < 1.29 is 0 Å². The van der Waals surface area contributed by atoms with Crippen LogP contribution < -0.4 is 0 Å². The van der Waals surface area contributed by atoms with Gasteiger partial charge < -0.3 is 4.57 Å². The van der Waals surface area contributed by atoms with Gasteiger partial charge in [-0.1, -0.05) is 64.5 Å². The van der Waals surface area contributed by atoms with Crippen LogP contribution in [0.4, 0.5) is 0 Å². The number of rotatable bonds is 1. The second-order valence-electron chi connectivity index (χ2n) is 6.79. The lowest BCUT2D eigenvalue weighted by Crippen LogP contribution is -1.92. The Labute approximate surface area is 168 Å². The molecule has 0 unspecified atom stereocenters. The molecule has 0 spiro atoms. The molecule has 4 aromatic carbocycles. The van der Waals surface area contributed by atoms with E-state index < -0.39 is 0 Å². The van der Waals surface area contributed by atoms with Gasteiger partial charge in [-0.3, -0.25) is 0 Å². The Morgan fingerprint density at radius 2 is 1.19 bits per heavy atom. The Kier molecular flexibility index (Phi) is 3.25. The van der Waals surface area contributed by atoms with Gasteiger partial charge in [0, 0.05) is 41.1 Å². The fraction of sp³-hybridized carbons (Fsp3) is 0. The van der Waals surface area contributed by atoms with Gasteiger partial charge >= 0.3 is 0 Å². The molecule has 0 aliphatic heterocycles. The third kappa shape index (κ3) is 2.22. The Hall–Kier alpha value is -2.62. The molecule has 0 atom stereocenters. The average Bonchev–Trinajstić information content (AvgIpc) is 3.22. The molecule has 128 valence electrons. The summed E-state index contributed by atoms with van der Waals surface area (Å²) in [7, 11) is 0. The number of benzene rings is 4. The quantitative estimate of drug-likeness (QED) is 0.251. The van der Waals surface area contributed by atoms with Crippen LogP contribution >= 0.6 is 27.3 Å². The first-order valence-corrected chi connectivity index (χ1v) is 10.5. The van der Waals surface area contributed by atoms with Gasteiger partial charge in [-0.15, -0.1) is 11.3 Å². The van der Waals surface area contributed by atoms with E-state index in [4.69, 9.17) is 0 Å². The molecule has 0 saturated carbocycles. The minimum atomic E-state index is 1.13. The molecule has 0 aliphatic carbocycles. The number of hydrogen-bond acceptors (Lipinski definition) is 1. The topological polar surface area (TPSA) is 4.93 Å². The predicted molar refractivity (Wildman–Crippen MR) is 121 cm³/mol. The minimum Gasteiger partial charge on any atom is -0.309 e. The number of para-hydroxylation sites is 2. The summed E-state index contributed by atoms with van der Waals surface area (Å²) in [5.41, 5.74) is 3.72. The van der Waals surface area contributed by atoms with Gasteiger partial charge in [0.1, 0.15) is 0 Å². The number of aromatic nitrogens is 1. The van der Waals surface area contributed by atoms with E-state index in [2.05, 4.69) is 105 Å². The SMILES string of the molecule is Brc1ccc2c(c1)sc1cc(-n3c4ccccc4c4ccccc43)ccc12. The first kappa shape index (κ1) is 15.4. The summed E-state index contributed by atoms with van der Waals surface area (Å²) in [5.74, 6) is 0. The van der Waals surface area contributed by atoms with E-state index in [0.717, 1.165) is 4.47 Å². The zero-order valence-electron chi connectivity index (χ0n) is 14.3. The van der Waals surface area contributed by atoms with Crippen LogP contribution in [0.1, 0.15) is 0 Å². The number of thiophene rings is 1. The number of nitrogens with zero attached hydrogens (tertiary/aromatic N) is 1. The van der Waals surface area contributed by atoms with Crippen LogP contribution in [0.25, 0.3) is 47.7 Å². The highest BCUT2D eigenvalue weighted by Crippen LogP contribution is 2.38. The molecule has 0 N–H and O–H groups in total. The van der Waals surface area contributed by atoms with E-state index in [0.29, 0.717) is 0 Å². The highest BCUT2D eigenvalue weighted by molar-refractivity contribution is 9.10. The lowest BCUT2D eigenvalue weighted by Gasteiger charge is -2.08. The predicted octanol–water partition coefficient (Wildman–Crippen LogP) is 7.91. The van der Waals surface area contributed by atoms with E-state index in [1.165, 1.54) is 47.7 Å². The molecule has 6 rings (SSSR count). The van der Waals surface area contributed by atoms with Gasteiger partial charge in [0.25, 0.3) is 0 Å². The molecule has 0 amide bonds. The largest absolute Gasteiger partial charge is 0.309 e. The fourth-order valence-corrected chi connectivity index (χ4v) is 5.77. The monoisotopic (exact) mass is 427 g/mol. The lowest BCUT2D eigenvalue weighted by molar-refractivity contribution is 1.19. The third-order valence-electron chi connectivity index (χ3n) is 5.26. The van der Waals surface area contributed by atoms with Gasteiger partial charge in [0.2, 0.25) is 0 Å². The summed E-state index contributed by atoms with van der Waals surface area (Å²) in [6.07, 6.45) is 0. The van der Waals surface area contributed by atoms with Crippen molar-refractivity contribution in [1.29, 1.82) is 0 Å². The molecule has 2 heterocycles. The maximum absolute atomic E-state index is 3.59. The van der Waals surface area contributed by atoms with Crippen LogP contribution in [0.15, 0.2) is 89.4 Å². The second-order valence-corrected chi connectivity index (χ2v) is 8.79. The molecule has 0 bridgehead atoms. The second kappa shape index (κ2) is 5.69. The van der Waals surface area contributed by atoms with E-state index in [9.17, 15) is 0 Å². The highest BCUT2D eigenvalue weighted by atomic mass is 79.9. The Bertz CT molecular complexity index is 1440. The van der Waals surface area contributed by atoms with Gasteiger partial charge in [0.15, 0.2) is 0 Å². The summed E-state index contributed by atoms with van der Waals surface area (Å²) < 4.78 is 6.15. The first-order valence-electron chi connectivity index (χ1n) is 8.90. The number of halogens is 1. The van der Waals surface area contributed by atoms with E-state index in [-0.39, 0.29) is 0 Å². The number of hydrogen-bond donors (Lipinski definition) is 0. The molecule has 0 fully saturated rings. The molecule has 6 aromatic rings. The molecule has 2 aromatic heterocycles. The fourth-order valence-electron chi connectivity index (χ4n) is 4.08.